The van der Waals surface area contributed by atoms with Gasteiger partial charge in [-0.25, -0.2) is 0 Å². The van der Waals surface area contributed by atoms with Crippen LogP contribution in [0.3, 0.4) is 0 Å². The van der Waals surface area contributed by atoms with Gasteiger partial charge in [0.25, 0.3) is 0 Å². The van der Waals surface area contributed by atoms with E-state index in [-0.39, 0.29) is 6.10 Å². The Labute approximate surface area is 124 Å². The van der Waals surface area contributed by atoms with Gasteiger partial charge in [0, 0.05) is 13.1 Å². The molecule has 1 N–H and O–H groups in total. The zero-order chi connectivity index (χ0) is 14.1. The van der Waals surface area contributed by atoms with Crippen LogP contribution in [0.1, 0.15) is 11.1 Å². The number of morpholine rings is 1. The predicted molar refractivity (Wildman–Crippen MR) is 82.8 cm³/mol. The van der Waals surface area contributed by atoms with E-state index in [9.17, 15) is 0 Å². The molecular weight excluding hydrogens is 262 g/mol. The summed E-state index contributed by atoms with van der Waals surface area (Å²) in [5.41, 5.74) is 5.47. The van der Waals surface area contributed by atoms with Gasteiger partial charge >= 0.3 is 0 Å². The highest BCUT2D eigenvalue weighted by atomic mass is 16.5. The second-order valence-corrected chi connectivity index (χ2v) is 5.66. The van der Waals surface area contributed by atoms with Gasteiger partial charge in [0.1, 0.15) is 18.5 Å². The molecule has 1 atom stereocenters. The lowest BCUT2D eigenvalue weighted by Crippen LogP contribution is -2.41. The van der Waals surface area contributed by atoms with Gasteiger partial charge in [0.2, 0.25) is 0 Å². The normalized spacial score (nSPS) is 19.9. The fourth-order valence-corrected chi connectivity index (χ4v) is 3.13. The van der Waals surface area contributed by atoms with E-state index in [2.05, 4.69) is 47.8 Å². The summed E-state index contributed by atoms with van der Waals surface area (Å²) >= 11 is 0. The number of hydrogen-bond donors (Lipinski definition) is 1. The third kappa shape index (κ3) is 2.55. The van der Waals surface area contributed by atoms with Crippen LogP contribution in [-0.4, -0.2) is 32.4 Å². The van der Waals surface area contributed by atoms with Crippen molar-refractivity contribution in [3.05, 3.63) is 53.6 Å². The third-order valence-corrected chi connectivity index (χ3v) is 4.21. The summed E-state index contributed by atoms with van der Waals surface area (Å²) in [6.45, 7) is 3.19. The fraction of sp³-hybridized carbons (Fsp3) is 0.333. The summed E-state index contributed by atoms with van der Waals surface area (Å²) in [6.07, 6.45) is 1.16. The largest absolute Gasteiger partial charge is 0.491 e. The minimum absolute atomic E-state index is 0.157. The zero-order valence-corrected chi connectivity index (χ0v) is 12.0. The zero-order valence-electron chi connectivity index (χ0n) is 12.0. The molecule has 0 radical (unpaired) electrons. The van der Waals surface area contributed by atoms with Crippen LogP contribution in [0.4, 0.5) is 0 Å². The topological polar surface area (TPSA) is 30.5 Å². The standard InChI is InChI=1S/C18H19NO2/c1-2-4-17-13(3-1)9-14-10-15(5-6-18(14)17)21-12-16-11-19-7-8-20-16/h1-6,10,16,19H,7-9,11-12H2. The van der Waals surface area contributed by atoms with Gasteiger partial charge < -0.3 is 14.8 Å². The Hall–Kier alpha value is -1.84. The van der Waals surface area contributed by atoms with Crippen molar-refractivity contribution in [2.24, 2.45) is 0 Å². The van der Waals surface area contributed by atoms with Crippen molar-refractivity contribution in [1.29, 1.82) is 0 Å². The molecule has 2 aromatic rings. The molecule has 2 aromatic carbocycles. The molecule has 3 heteroatoms. The van der Waals surface area contributed by atoms with Crippen molar-refractivity contribution in [3.63, 3.8) is 0 Å². The molecule has 3 nitrogen and oxygen atoms in total. The Morgan fingerprint density at radius 3 is 2.90 bits per heavy atom. The molecule has 0 aromatic heterocycles. The molecule has 0 saturated carbocycles. The molecule has 1 fully saturated rings. The predicted octanol–water partition coefficient (Wildman–Crippen LogP) is 2.63. The lowest BCUT2D eigenvalue weighted by molar-refractivity contribution is 0.000187. The molecule has 1 unspecified atom stereocenters. The van der Waals surface area contributed by atoms with Crippen LogP contribution < -0.4 is 10.1 Å². The van der Waals surface area contributed by atoms with E-state index in [1.807, 2.05) is 0 Å². The highest BCUT2D eigenvalue weighted by molar-refractivity contribution is 5.77. The molecule has 4 rings (SSSR count). The Morgan fingerprint density at radius 1 is 1.10 bits per heavy atom. The second-order valence-electron chi connectivity index (χ2n) is 5.66. The van der Waals surface area contributed by atoms with Crippen LogP contribution in [0.25, 0.3) is 11.1 Å². The number of rotatable bonds is 3. The van der Waals surface area contributed by atoms with E-state index in [1.165, 1.54) is 22.3 Å². The maximum atomic E-state index is 5.90. The summed E-state index contributed by atoms with van der Waals surface area (Å²) in [5, 5.41) is 3.32. The summed E-state index contributed by atoms with van der Waals surface area (Å²) in [6, 6.07) is 15.0. The molecule has 21 heavy (non-hydrogen) atoms. The molecule has 2 aliphatic rings. The average molecular weight is 281 g/mol. The number of ether oxygens (including phenoxy) is 2. The van der Waals surface area contributed by atoms with Crippen LogP contribution in [0.2, 0.25) is 0 Å². The van der Waals surface area contributed by atoms with Crippen molar-refractivity contribution in [1.82, 2.24) is 5.32 Å². The molecule has 1 saturated heterocycles. The van der Waals surface area contributed by atoms with Gasteiger partial charge in [-0.2, -0.15) is 0 Å². The van der Waals surface area contributed by atoms with Crippen LogP contribution in [0.15, 0.2) is 42.5 Å². The Balaban J connectivity index is 1.48. The number of hydrogen-bond acceptors (Lipinski definition) is 3. The number of benzene rings is 2. The molecule has 0 amide bonds. The van der Waals surface area contributed by atoms with Crippen molar-refractivity contribution >= 4 is 0 Å². The van der Waals surface area contributed by atoms with Gasteiger partial charge in [0.15, 0.2) is 0 Å². The summed E-state index contributed by atoms with van der Waals surface area (Å²) in [5.74, 6) is 0.940. The lowest BCUT2D eigenvalue weighted by Gasteiger charge is -2.23. The Kier molecular flexibility index (Phi) is 3.37. The second kappa shape index (κ2) is 5.51. The van der Waals surface area contributed by atoms with Crippen molar-refractivity contribution in [2.75, 3.05) is 26.3 Å². The molecule has 0 bridgehead atoms. The Morgan fingerprint density at radius 2 is 2.00 bits per heavy atom. The molecule has 0 spiro atoms. The smallest absolute Gasteiger partial charge is 0.119 e. The molecule has 1 aliphatic carbocycles. The van der Waals surface area contributed by atoms with Crippen LogP contribution in [0, 0.1) is 0 Å². The van der Waals surface area contributed by atoms with Crippen molar-refractivity contribution in [2.45, 2.75) is 12.5 Å². The van der Waals surface area contributed by atoms with Gasteiger partial charge in [-0.1, -0.05) is 30.3 Å². The van der Waals surface area contributed by atoms with E-state index in [1.54, 1.807) is 0 Å². The minimum atomic E-state index is 0.157. The van der Waals surface area contributed by atoms with Crippen LogP contribution >= 0.6 is 0 Å². The van der Waals surface area contributed by atoms with Gasteiger partial charge in [-0.15, -0.1) is 0 Å². The summed E-state index contributed by atoms with van der Waals surface area (Å²) < 4.78 is 11.6. The number of fused-ring (bicyclic) bond motifs is 3. The van der Waals surface area contributed by atoms with Gasteiger partial charge in [0.05, 0.1) is 6.61 Å². The average Bonchev–Trinajstić information content (AvgIpc) is 2.91. The molecule has 108 valence electrons. The minimum Gasteiger partial charge on any atom is -0.491 e. The highest BCUT2D eigenvalue weighted by Gasteiger charge is 2.19. The molecule has 1 heterocycles. The first-order chi connectivity index (χ1) is 10.4. The monoisotopic (exact) mass is 281 g/mol. The number of nitrogens with one attached hydrogen (secondary N) is 1. The van der Waals surface area contributed by atoms with Gasteiger partial charge in [-0.05, 0) is 40.8 Å². The lowest BCUT2D eigenvalue weighted by atomic mass is 10.1. The van der Waals surface area contributed by atoms with Crippen LogP contribution in [0.5, 0.6) is 5.75 Å². The SMILES string of the molecule is c1ccc2c(c1)Cc1cc(OCC3CNCCO3)ccc1-2. The third-order valence-electron chi connectivity index (χ3n) is 4.21. The maximum Gasteiger partial charge on any atom is 0.119 e. The highest BCUT2D eigenvalue weighted by Crippen LogP contribution is 2.38. The quantitative estimate of drug-likeness (QED) is 0.800. The van der Waals surface area contributed by atoms with E-state index >= 15 is 0 Å². The van der Waals surface area contributed by atoms with Crippen molar-refractivity contribution < 1.29 is 9.47 Å². The van der Waals surface area contributed by atoms with Crippen molar-refractivity contribution in [3.8, 4) is 16.9 Å². The molecule has 1 aliphatic heterocycles. The van der Waals surface area contributed by atoms with E-state index < -0.39 is 0 Å². The van der Waals surface area contributed by atoms with E-state index in [4.69, 9.17) is 9.47 Å². The summed E-state index contributed by atoms with van der Waals surface area (Å²) in [7, 11) is 0. The first kappa shape index (κ1) is 12.9. The van der Waals surface area contributed by atoms with Gasteiger partial charge in [-0.3, -0.25) is 0 Å². The fourth-order valence-electron chi connectivity index (χ4n) is 3.13. The molecular formula is C18H19NO2. The maximum absolute atomic E-state index is 5.90. The van der Waals surface area contributed by atoms with E-state index in [0.717, 1.165) is 31.9 Å². The van der Waals surface area contributed by atoms with Crippen LogP contribution in [-0.2, 0) is 11.2 Å². The first-order valence-corrected chi connectivity index (χ1v) is 7.56. The van der Waals surface area contributed by atoms with E-state index in [0.29, 0.717) is 6.61 Å². The first-order valence-electron chi connectivity index (χ1n) is 7.56. The Bertz CT molecular complexity index is 647. The summed E-state index contributed by atoms with van der Waals surface area (Å²) in [4.78, 5) is 0.